The summed E-state index contributed by atoms with van der Waals surface area (Å²) < 4.78 is 68.6. The first-order valence-electron chi connectivity index (χ1n) is 40.9. The molecule has 0 aromatic carbocycles. The van der Waals surface area contributed by atoms with Crippen molar-refractivity contribution in [3.8, 4) is 0 Å². The van der Waals surface area contributed by atoms with Gasteiger partial charge in [0.25, 0.3) is 0 Å². The summed E-state index contributed by atoms with van der Waals surface area (Å²) in [6.45, 7) is 11.8. The van der Waals surface area contributed by atoms with Crippen LogP contribution in [-0.2, 0) is 65.4 Å². The first-order chi connectivity index (χ1) is 47.3. The molecule has 19 heteroatoms. The summed E-state index contributed by atoms with van der Waals surface area (Å²) in [5.74, 6) is 0.117. The fourth-order valence-corrected chi connectivity index (χ4v) is 13.7. The number of unbranched alkanes of at least 4 members (excludes halogenated alkanes) is 44. The Morgan fingerprint density at radius 3 is 0.776 bits per heavy atom. The Morgan fingerprint density at radius 1 is 0.296 bits per heavy atom. The van der Waals surface area contributed by atoms with Crippen LogP contribution in [0.3, 0.4) is 0 Å². The molecule has 3 unspecified atom stereocenters. The van der Waals surface area contributed by atoms with E-state index in [1.165, 1.54) is 212 Å². The molecule has 0 aliphatic heterocycles. The molecule has 6 atom stereocenters. The average Bonchev–Trinajstić information content (AvgIpc) is 2.95. The molecule has 0 amide bonds. The Balaban J connectivity index is 5.21. The smallest absolute Gasteiger partial charge is 0.462 e. The van der Waals surface area contributed by atoms with E-state index in [2.05, 4.69) is 48.5 Å². The van der Waals surface area contributed by atoms with Gasteiger partial charge in [0.05, 0.1) is 26.4 Å². The summed E-state index contributed by atoms with van der Waals surface area (Å²) >= 11 is 0. The van der Waals surface area contributed by atoms with E-state index >= 15 is 0 Å². The molecule has 0 rings (SSSR count). The number of esters is 4. The summed E-state index contributed by atoms with van der Waals surface area (Å²) in [4.78, 5) is 72.9. The van der Waals surface area contributed by atoms with Gasteiger partial charge in [-0.1, -0.05) is 357 Å². The van der Waals surface area contributed by atoms with Crippen molar-refractivity contribution in [2.45, 2.75) is 426 Å². The van der Waals surface area contributed by atoms with Gasteiger partial charge in [-0.15, -0.1) is 0 Å². The van der Waals surface area contributed by atoms with Gasteiger partial charge in [0, 0.05) is 25.7 Å². The van der Waals surface area contributed by atoms with Crippen molar-refractivity contribution in [2.75, 3.05) is 39.6 Å². The van der Waals surface area contributed by atoms with Gasteiger partial charge in [-0.25, -0.2) is 9.13 Å². The SMILES string of the molecule is CCCCCCCCCCCCCCCCCCCCCC(=O)OC[C@H](COP(=O)(O)OC[C@@H](O)COP(=O)(O)OC[C@@H](COC(=O)CCCCCCCCC(C)CC)OC(=O)CCCCCCCCCC(C)C)OC(=O)CCCCCCCCCCCCCCCCCCC(C)C. The molecule has 0 bridgehead atoms. The minimum Gasteiger partial charge on any atom is -0.462 e. The summed E-state index contributed by atoms with van der Waals surface area (Å²) in [5, 5.41) is 10.6. The maximum Gasteiger partial charge on any atom is 0.472 e. The van der Waals surface area contributed by atoms with Gasteiger partial charge < -0.3 is 33.8 Å². The number of ether oxygens (including phenoxy) is 4. The second-order valence-corrected chi connectivity index (χ2v) is 32.6. The first kappa shape index (κ1) is 96.1. The van der Waals surface area contributed by atoms with Crippen molar-refractivity contribution in [1.29, 1.82) is 0 Å². The standard InChI is InChI=1S/C79H154O17P2/c1-8-10-11-12-13-14-15-16-17-18-19-20-24-27-30-33-38-46-53-60-76(81)89-66-74(95-78(83)62-55-48-39-34-31-28-25-22-21-23-26-29-32-36-43-50-57-70(3)4)68-93-97(85,86)91-64-73(80)65-92-98(87,88)94-69-75(96-79(84)63-56-49-40-35-37-44-51-58-71(5)6)67-90-77(82)61-54-47-42-41-45-52-59-72(7)9-2/h70-75,80H,8-69H2,1-7H3,(H,85,86)(H,87,88)/t72?,73-,74-,75-/m1/s1. The zero-order chi connectivity index (χ0) is 72.3. The van der Waals surface area contributed by atoms with Crippen LogP contribution in [0.4, 0.5) is 0 Å². The highest BCUT2D eigenvalue weighted by Gasteiger charge is 2.30. The fraction of sp³-hybridized carbons (Fsp3) is 0.949. The molecule has 0 spiro atoms. The van der Waals surface area contributed by atoms with Crippen LogP contribution in [-0.4, -0.2) is 96.7 Å². The van der Waals surface area contributed by atoms with Crippen LogP contribution in [0.2, 0.25) is 0 Å². The van der Waals surface area contributed by atoms with Gasteiger partial charge >= 0.3 is 39.5 Å². The predicted octanol–water partition coefficient (Wildman–Crippen LogP) is 23.4. The van der Waals surface area contributed by atoms with Gasteiger partial charge in [0.2, 0.25) is 0 Å². The van der Waals surface area contributed by atoms with Crippen molar-refractivity contribution in [3.05, 3.63) is 0 Å². The van der Waals surface area contributed by atoms with Crippen molar-refractivity contribution in [3.63, 3.8) is 0 Å². The van der Waals surface area contributed by atoms with Crippen LogP contribution in [0, 0.1) is 17.8 Å². The minimum absolute atomic E-state index is 0.103. The third kappa shape index (κ3) is 71.1. The Labute approximate surface area is 600 Å². The normalized spacial score (nSPS) is 14.3. The van der Waals surface area contributed by atoms with Gasteiger partial charge in [0.1, 0.15) is 19.3 Å². The Morgan fingerprint density at radius 2 is 0.520 bits per heavy atom. The zero-order valence-electron chi connectivity index (χ0n) is 64.3. The lowest BCUT2D eigenvalue weighted by molar-refractivity contribution is -0.161. The molecular weight excluding hydrogens is 1280 g/mol. The summed E-state index contributed by atoms with van der Waals surface area (Å²) in [6.07, 6.45) is 57.2. The highest BCUT2D eigenvalue weighted by atomic mass is 31.2. The molecule has 0 aromatic rings. The molecule has 0 saturated carbocycles. The van der Waals surface area contributed by atoms with Crippen molar-refractivity contribution >= 4 is 39.5 Å². The van der Waals surface area contributed by atoms with E-state index in [1.807, 2.05) is 0 Å². The van der Waals surface area contributed by atoms with Gasteiger partial charge in [-0.05, 0) is 43.4 Å². The number of hydrogen-bond acceptors (Lipinski definition) is 15. The van der Waals surface area contributed by atoms with Gasteiger partial charge in [0.15, 0.2) is 12.2 Å². The summed E-state index contributed by atoms with van der Waals surface area (Å²) in [7, 11) is -9.91. The topological polar surface area (TPSA) is 237 Å². The fourth-order valence-electron chi connectivity index (χ4n) is 12.1. The number of aliphatic hydroxyl groups is 1. The Kier molecular flexibility index (Phi) is 68.1. The van der Waals surface area contributed by atoms with Crippen LogP contribution in [0.5, 0.6) is 0 Å². The van der Waals surface area contributed by atoms with Crippen LogP contribution >= 0.6 is 15.6 Å². The van der Waals surface area contributed by atoms with E-state index in [-0.39, 0.29) is 25.7 Å². The molecule has 582 valence electrons. The van der Waals surface area contributed by atoms with Crippen molar-refractivity contribution in [1.82, 2.24) is 0 Å². The third-order valence-corrected chi connectivity index (χ3v) is 20.6. The molecule has 0 radical (unpaired) electrons. The van der Waals surface area contributed by atoms with Crippen LogP contribution < -0.4 is 0 Å². The number of carbonyl (C=O) groups is 4. The molecule has 0 heterocycles. The lowest BCUT2D eigenvalue weighted by Gasteiger charge is -2.21. The highest BCUT2D eigenvalue weighted by Crippen LogP contribution is 2.45. The van der Waals surface area contributed by atoms with E-state index in [0.29, 0.717) is 31.6 Å². The number of carbonyl (C=O) groups excluding carboxylic acids is 4. The second-order valence-electron chi connectivity index (χ2n) is 29.6. The molecule has 0 aromatic heterocycles. The van der Waals surface area contributed by atoms with Crippen LogP contribution in [0.25, 0.3) is 0 Å². The van der Waals surface area contributed by atoms with Crippen LogP contribution in [0.15, 0.2) is 0 Å². The highest BCUT2D eigenvalue weighted by molar-refractivity contribution is 7.47. The van der Waals surface area contributed by atoms with Gasteiger partial charge in [-0.3, -0.25) is 37.3 Å². The van der Waals surface area contributed by atoms with Crippen molar-refractivity contribution in [2.24, 2.45) is 17.8 Å². The maximum absolute atomic E-state index is 13.1. The maximum atomic E-state index is 13.1. The average molecular weight is 1440 g/mol. The number of aliphatic hydroxyl groups excluding tert-OH is 1. The van der Waals surface area contributed by atoms with E-state index in [0.717, 1.165) is 108 Å². The Hall–Kier alpha value is -1.94. The molecule has 0 aliphatic carbocycles. The third-order valence-electron chi connectivity index (χ3n) is 18.7. The first-order valence-corrected chi connectivity index (χ1v) is 43.9. The number of rotatable bonds is 77. The molecule has 0 saturated heterocycles. The summed E-state index contributed by atoms with van der Waals surface area (Å²) in [6, 6.07) is 0. The summed E-state index contributed by atoms with van der Waals surface area (Å²) in [5.41, 5.74) is 0. The Bertz CT molecular complexity index is 1910. The molecule has 0 aliphatic rings. The van der Waals surface area contributed by atoms with E-state index < -0.39 is 97.5 Å². The van der Waals surface area contributed by atoms with Crippen molar-refractivity contribution < 1.29 is 80.2 Å². The van der Waals surface area contributed by atoms with E-state index in [1.54, 1.807) is 0 Å². The van der Waals surface area contributed by atoms with E-state index in [4.69, 9.17) is 37.0 Å². The number of hydrogen-bond donors (Lipinski definition) is 3. The molecule has 17 nitrogen and oxygen atoms in total. The van der Waals surface area contributed by atoms with Gasteiger partial charge in [-0.2, -0.15) is 0 Å². The van der Waals surface area contributed by atoms with Crippen LogP contribution in [0.1, 0.15) is 408 Å². The predicted molar refractivity (Wildman–Crippen MR) is 400 cm³/mol. The lowest BCUT2D eigenvalue weighted by Crippen LogP contribution is -2.30. The van der Waals surface area contributed by atoms with E-state index in [9.17, 15) is 43.2 Å². The number of phosphoric acid groups is 2. The quantitative estimate of drug-likeness (QED) is 0.0222. The number of phosphoric ester groups is 2. The molecular formula is C79H154O17P2. The second kappa shape index (κ2) is 69.4. The zero-order valence-corrected chi connectivity index (χ0v) is 66.0. The largest absolute Gasteiger partial charge is 0.472 e. The lowest BCUT2D eigenvalue weighted by atomic mass is 10.00. The molecule has 0 fully saturated rings. The molecule has 3 N–H and O–H groups in total. The minimum atomic E-state index is -4.96. The monoisotopic (exact) mass is 1440 g/mol. The molecule has 98 heavy (non-hydrogen) atoms.